The normalized spacial score (nSPS) is 17.1. The molecule has 3 heterocycles. The van der Waals surface area contributed by atoms with Gasteiger partial charge in [0.15, 0.2) is 5.96 Å². The summed E-state index contributed by atoms with van der Waals surface area (Å²) in [4.78, 5) is 12.7. The van der Waals surface area contributed by atoms with Gasteiger partial charge < -0.3 is 15.5 Å². The lowest BCUT2D eigenvalue weighted by Crippen LogP contribution is -2.44. The van der Waals surface area contributed by atoms with Crippen molar-refractivity contribution in [2.75, 3.05) is 31.1 Å². The molecule has 2 aromatic heterocycles. The zero-order valence-corrected chi connectivity index (χ0v) is 18.7. The van der Waals surface area contributed by atoms with E-state index in [9.17, 15) is 0 Å². The molecular formula is C18H25ClIN5S. The van der Waals surface area contributed by atoms with Gasteiger partial charge >= 0.3 is 0 Å². The molecule has 1 unspecified atom stereocenters. The quantitative estimate of drug-likeness (QED) is 0.356. The van der Waals surface area contributed by atoms with E-state index in [1.807, 2.05) is 12.1 Å². The Morgan fingerprint density at radius 1 is 1.42 bits per heavy atom. The summed E-state index contributed by atoms with van der Waals surface area (Å²) < 4.78 is 0. The largest absolute Gasteiger partial charge is 0.357 e. The number of nitrogens with one attached hydrogen (secondary N) is 2. The molecule has 0 spiro atoms. The summed E-state index contributed by atoms with van der Waals surface area (Å²) in [5.74, 6) is 1.76. The van der Waals surface area contributed by atoms with Crippen molar-refractivity contribution in [2.45, 2.75) is 25.8 Å². The molecule has 1 fully saturated rings. The van der Waals surface area contributed by atoms with Crippen LogP contribution in [0.25, 0.3) is 0 Å². The van der Waals surface area contributed by atoms with Crippen molar-refractivity contribution in [3.8, 4) is 0 Å². The van der Waals surface area contributed by atoms with Crippen LogP contribution in [0.4, 0.5) is 5.82 Å². The Morgan fingerprint density at radius 2 is 2.31 bits per heavy atom. The van der Waals surface area contributed by atoms with E-state index in [2.05, 4.69) is 45.0 Å². The van der Waals surface area contributed by atoms with Crippen LogP contribution in [0.15, 0.2) is 40.8 Å². The predicted molar refractivity (Wildman–Crippen MR) is 122 cm³/mol. The lowest BCUT2D eigenvalue weighted by atomic mass is 10.3. The molecule has 1 atom stereocenters. The smallest absolute Gasteiger partial charge is 0.191 e. The van der Waals surface area contributed by atoms with Crippen molar-refractivity contribution in [2.24, 2.45) is 4.99 Å². The minimum Gasteiger partial charge on any atom is -0.357 e. The van der Waals surface area contributed by atoms with Crippen molar-refractivity contribution in [3.05, 3.63) is 45.7 Å². The van der Waals surface area contributed by atoms with Crippen molar-refractivity contribution >= 4 is 58.7 Å². The Bertz CT molecular complexity index is 695. The molecule has 0 bridgehead atoms. The Hall–Kier alpha value is -1.06. The van der Waals surface area contributed by atoms with E-state index in [0.717, 1.165) is 50.8 Å². The minimum absolute atomic E-state index is 0. The highest BCUT2D eigenvalue weighted by Gasteiger charge is 2.25. The maximum absolute atomic E-state index is 6.27. The molecule has 5 nitrogen and oxygen atoms in total. The fraction of sp³-hybridized carbons (Fsp3) is 0.444. The summed E-state index contributed by atoms with van der Waals surface area (Å²) in [5, 5.41) is 9.70. The van der Waals surface area contributed by atoms with E-state index < -0.39 is 0 Å². The molecule has 26 heavy (non-hydrogen) atoms. The van der Waals surface area contributed by atoms with Crippen LogP contribution in [0, 0.1) is 0 Å². The molecule has 0 amide bonds. The van der Waals surface area contributed by atoms with Gasteiger partial charge in [0.05, 0.1) is 5.02 Å². The number of pyridine rings is 1. The highest BCUT2D eigenvalue weighted by atomic mass is 127. The summed E-state index contributed by atoms with van der Waals surface area (Å²) >= 11 is 8.05. The fourth-order valence-electron chi connectivity index (χ4n) is 2.93. The number of guanidine groups is 1. The molecule has 0 aliphatic carbocycles. The summed E-state index contributed by atoms with van der Waals surface area (Å²) in [6.07, 6.45) is 3.81. The van der Waals surface area contributed by atoms with E-state index in [4.69, 9.17) is 16.6 Å². The van der Waals surface area contributed by atoms with Gasteiger partial charge in [-0.1, -0.05) is 17.7 Å². The second-order valence-electron chi connectivity index (χ2n) is 5.97. The number of aromatic nitrogens is 1. The van der Waals surface area contributed by atoms with Gasteiger partial charge in [-0.2, -0.15) is 0 Å². The molecule has 1 saturated heterocycles. The van der Waals surface area contributed by atoms with Gasteiger partial charge in [-0.05, 0) is 36.9 Å². The number of hydrogen-bond donors (Lipinski definition) is 2. The molecule has 2 aromatic rings. The van der Waals surface area contributed by atoms with Gasteiger partial charge in [0.1, 0.15) is 5.82 Å². The molecule has 8 heteroatoms. The van der Waals surface area contributed by atoms with Crippen molar-refractivity contribution in [1.29, 1.82) is 0 Å². The summed E-state index contributed by atoms with van der Waals surface area (Å²) in [6.45, 7) is 5.56. The zero-order valence-electron chi connectivity index (χ0n) is 14.8. The van der Waals surface area contributed by atoms with Crippen LogP contribution >= 0.6 is 46.9 Å². The molecule has 1 aliphatic rings. The molecule has 1 aliphatic heterocycles. The van der Waals surface area contributed by atoms with Crippen molar-refractivity contribution < 1.29 is 0 Å². The maximum atomic E-state index is 6.27. The zero-order chi connectivity index (χ0) is 17.5. The highest BCUT2D eigenvalue weighted by Crippen LogP contribution is 2.25. The molecular weight excluding hydrogens is 481 g/mol. The first kappa shape index (κ1) is 21.2. The number of halogens is 2. The van der Waals surface area contributed by atoms with Crippen LogP contribution in [0.2, 0.25) is 5.02 Å². The monoisotopic (exact) mass is 505 g/mol. The first-order chi connectivity index (χ1) is 12.3. The Morgan fingerprint density at radius 3 is 3.04 bits per heavy atom. The highest BCUT2D eigenvalue weighted by molar-refractivity contribution is 14.0. The first-order valence-corrected chi connectivity index (χ1v) is 9.94. The summed E-state index contributed by atoms with van der Waals surface area (Å²) in [7, 11) is 0. The maximum Gasteiger partial charge on any atom is 0.191 e. The van der Waals surface area contributed by atoms with E-state index in [0.29, 0.717) is 11.1 Å². The van der Waals surface area contributed by atoms with Crippen LogP contribution < -0.4 is 15.5 Å². The summed E-state index contributed by atoms with van der Waals surface area (Å²) in [6, 6.07) is 8.34. The van der Waals surface area contributed by atoms with E-state index in [1.54, 1.807) is 17.5 Å². The second kappa shape index (κ2) is 10.9. The molecule has 3 rings (SSSR count). The summed E-state index contributed by atoms with van der Waals surface area (Å²) in [5.41, 5.74) is 0. The number of nitrogens with zero attached hydrogens (tertiary/aromatic N) is 3. The third kappa shape index (κ3) is 5.99. The number of rotatable bonds is 6. The van der Waals surface area contributed by atoms with Crippen LogP contribution in [0.5, 0.6) is 0 Å². The van der Waals surface area contributed by atoms with Gasteiger partial charge in [0.25, 0.3) is 0 Å². The van der Waals surface area contributed by atoms with Gasteiger partial charge in [-0.25, -0.2) is 4.98 Å². The molecule has 0 radical (unpaired) electrons. The van der Waals surface area contributed by atoms with Crippen molar-refractivity contribution in [3.63, 3.8) is 0 Å². The number of hydrogen-bond acceptors (Lipinski definition) is 4. The van der Waals surface area contributed by atoms with Gasteiger partial charge in [0, 0.05) is 49.7 Å². The lowest BCUT2D eigenvalue weighted by molar-refractivity contribution is 0.649. The molecule has 0 saturated carbocycles. The Balaban J connectivity index is 0.00000243. The predicted octanol–water partition coefficient (Wildman–Crippen LogP) is 3.79. The number of anilines is 1. The topological polar surface area (TPSA) is 52.6 Å². The third-order valence-electron chi connectivity index (χ3n) is 4.12. The van der Waals surface area contributed by atoms with E-state index >= 15 is 0 Å². The molecule has 0 aromatic carbocycles. The van der Waals surface area contributed by atoms with Crippen LogP contribution in [0.3, 0.4) is 0 Å². The Labute approximate surface area is 181 Å². The fourth-order valence-corrected chi connectivity index (χ4v) is 3.87. The minimum atomic E-state index is 0. The number of aliphatic imine (C=N–C) groups is 1. The SMILES string of the molecule is CCNC(=NCCc1cccs1)NC1CCN(c2ncccc2Cl)C1.I. The second-order valence-corrected chi connectivity index (χ2v) is 7.41. The third-order valence-corrected chi connectivity index (χ3v) is 5.35. The molecule has 142 valence electrons. The standard InChI is InChI=1S/C18H24ClN5S.HI/c1-2-20-18(22-10-7-15-5-4-12-25-15)23-14-8-11-24(13-14)17-16(19)6-3-9-21-17;/h3-6,9,12,14H,2,7-8,10-11,13H2,1H3,(H2,20,22,23);1H. The van der Waals surface area contributed by atoms with E-state index in [-0.39, 0.29) is 24.0 Å². The van der Waals surface area contributed by atoms with Crippen molar-refractivity contribution in [1.82, 2.24) is 15.6 Å². The van der Waals surface area contributed by atoms with E-state index in [1.165, 1.54) is 4.88 Å². The van der Waals surface area contributed by atoms with Gasteiger partial charge in [-0.15, -0.1) is 35.3 Å². The van der Waals surface area contributed by atoms with Crippen LogP contribution in [-0.2, 0) is 6.42 Å². The van der Waals surface area contributed by atoms with Gasteiger partial charge in [0.2, 0.25) is 0 Å². The average Bonchev–Trinajstić information content (AvgIpc) is 3.27. The first-order valence-electron chi connectivity index (χ1n) is 8.69. The Kier molecular flexibility index (Phi) is 8.94. The average molecular weight is 506 g/mol. The number of thiophene rings is 1. The van der Waals surface area contributed by atoms with Crippen LogP contribution in [0.1, 0.15) is 18.2 Å². The van der Waals surface area contributed by atoms with Crippen LogP contribution in [-0.4, -0.2) is 43.2 Å². The molecule has 2 N–H and O–H groups in total. The lowest BCUT2D eigenvalue weighted by Gasteiger charge is -2.20. The van der Waals surface area contributed by atoms with Gasteiger partial charge in [-0.3, -0.25) is 4.99 Å².